The Kier molecular flexibility index (Phi) is 6.38. The molecule has 16 heavy (non-hydrogen) atoms. The molecule has 0 radical (unpaired) electrons. The summed E-state index contributed by atoms with van der Waals surface area (Å²) in [6.07, 6.45) is 8.32. The lowest BCUT2D eigenvalue weighted by Crippen LogP contribution is -2.25. The minimum Gasteiger partial charge on any atom is -0.393 e. The fourth-order valence-electron chi connectivity index (χ4n) is 0.795. The Balaban J connectivity index is 3.88. The zero-order chi connectivity index (χ0) is 12.6. The van der Waals surface area contributed by atoms with E-state index >= 15 is 0 Å². The van der Waals surface area contributed by atoms with E-state index in [9.17, 15) is 9.59 Å². The molecule has 0 heterocycles. The average molecular weight is 224 g/mol. The van der Waals surface area contributed by atoms with Gasteiger partial charge in [-0.2, -0.15) is 0 Å². The molecule has 0 atom stereocenters. The first-order valence-corrected chi connectivity index (χ1v) is 5.41. The van der Waals surface area contributed by atoms with Gasteiger partial charge in [0.1, 0.15) is 0 Å². The largest absolute Gasteiger partial charge is 0.393 e. The van der Waals surface area contributed by atoms with Crippen LogP contribution in [0.25, 0.3) is 0 Å². The molecule has 0 saturated carbocycles. The molecule has 0 bridgehead atoms. The number of hydrogen-bond donors (Lipinski definition) is 0. The SMILES string of the molecule is CC=CC=CCCC(=O)OC(=O)C(C)(C)C. The van der Waals surface area contributed by atoms with Crippen molar-refractivity contribution in [1.82, 2.24) is 0 Å². The van der Waals surface area contributed by atoms with E-state index in [1.54, 1.807) is 20.8 Å². The zero-order valence-corrected chi connectivity index (χ0v) is 10.4. The smallest absolute Gasteiger partial charge is 0.318 e. The number of allylic oxidation sites excluding steroid dienone is 4. The van der Waals surface area contributed by atoms with Gasteiger partial charge < -0.3 is 4.74 Å². The van der Waals surface area contributed by atoms with Crippen molar-refractivity contribution < 1.29 is 14.3 Å². The van der Waals surface area contributed by atoms with Gasteiger partial charge in [0, 0.05) is 6.42 Å². The Morgan fingerprint density at radius 2 is 1.81 bits per heavy atom. The number of carbonyl (C=O) groups is 2. The Labute approximate surface area is 97.2 Å². The van der Waals surface area contributed by atoms with E-state index in [4.69, 9.17) is 4.74 Å². The highest BCUT2D eigenvalue weighted by Gasteiger charge is 2.25. The number of hydrogen-bond acceptors (Lipinski definition) is 3. The van der Waals surface area contributed by atoms with Crippen molar-refractivity contribution in [1.29, 1.82) is 0 Å². The van der Waals surface area contributed by atoms with Crippen LogP contribution >= 0.6 is 0 Å². The first kappa shape index (κ1) is 14.6. The third-order valence-corrected chi connectivity index (χ3v) is 1.77. The van der Waals surface area contributed by atoms with E-state index in [1.165, 1.54) is 0 Å². The minimum atomic E-state index is -0.629. The van der Waals surface area contributed by atoms with E-state index in [-0.39, 0.29) is 6.42 Å². The van der Waals surface area contributed by atoms with Crippen LogP contribution in [0.3, 0.4) is 0 Å². The van der Waals surface area contributed by atoms with Crippen LogP contribution in [0.2, 0.25) is 0 Å². The molecule has 3 heteroatoms. The van der Waals surface area contributed by atoms with Crippen molar-refractivity contribution in [2.45, 2.75) is 40.5 Å². The van der Waals surface area contributed by atoms with E-state index in [0.717, 1.165) is 0 Å². The molecule has 0 aliphatic heterocycles. The molecule has 90 valence electrons. The second-order valence-electron chi connectivity index (χ2n) is 4.50. The molecule has 0 N–H and O–H groups in total. The summed E-state index contributed by atoms with van der Waals surface area (Å²) in [5.41, 5.74) is -0.629. The van der Waals surface area contributed by atoms with Crippen LogP contribution in [-0.4, -0.2) is 11.9 Å². The summed E-state index contributed by atoms with van der Waals surface area (Å²) < 4.78 is 4.69. The maximum atomic E-state index is 11.3. The van der Waals surface area contributed by atoms with E-state index in [2.05, 4.69) is 0 Å². The standard InChI is InChI=1S/C13H20O3/c1-5-6-7-8-9-10-11(14)16-12(15)13(2,3)4/h5-8H,9-10H2,1-4H3. The van der Waals surface area contributed by atoms with Crippen LogP contribution in [0.1, 0.15) is 40.5 Å². The van der Waals surface area contributed by atoms with Crippen molar-refractivity contribution in [3.8, 4) is 0 Å². The molecule has 0 unspecified atom stereocenters. The van der Waals surface area contributed by atoms with Gasteiger partial charge in [-0.05, 0) is 34.1 Å². The van der Waals surface area contributed by atoms with Crippen molar-refractivity contribution in [3.05, 3.63) is 24.3 Å². The molecule has 0 aliphatic carbocycles. The molecular formula is C13H20O3. The minimum absolute atomic E-state index is 0.232. The summed E-state index contributed by atoms with van der Waals surface area (Å²) in [7, 11) is 0. The highest BCUT2D eigenvalue weighted by molar-refractivity contribution is 5.88. The van der Waals surface area contributed by atoms with Gasteiger partial charge in [0.2, 0.25) is 0 Å². The van der Waals surface area contributed by atoms with Crippen LogP contribution in [0.15, 0.2) is 24.3 Å². The lowest BCUT2D eigenvalue weighted by molar-refractivity contribution is -0.165. The maximum Gasteiger partial charge on any atom is 0.318 e. The monoisotopic (exact) mass is 224 g/mol. The third-order valence-electron chi connectivity index (χ3n) is 1.77. The number of esters is 2. The molecule has 0 aliphatic rings. The van der Waals surface area contributed by atoms with Gasteiger partial charge in [-0.1, -0.05) is 24.3 Å². The van der Waals surface area contributed by atoms with Gasteiger partial charge in [-0.3, -0.25) is 9.59 Å². The van der Waals surface area contributed by atoms with Crippen molar-refractivity contribution in [2.24, 2.45) is 5.41 Å². The predicted octanol–water partition coefficient (Wildman–Crippen LogP) is 3.01. The lowest BCUT2D eigenvalue weighted by atomic mass is 9.97. The fraction of sp³-hybridized carbons (Fsp3) is 0.538. The zero-order valence-electron chi connectivity index (χ0n) is 10.4. The number of rotatable bonds is 4. The van der Waals surface area contributed by atoms with Gasteiger partial charge in [0.25, 0.3) is 0 Å². The second-order valence-corrected chi connectivity index (χ2v) is 4.50. The van der Waals surface area contributed by atoms with E-state index in [1.807, 2.05) is 31.2 Å². The molecule has 0 spiro atoms. The van der Waals surface area contributed by atoms with E-state index in [0.29, 0.717) is 6.42 Å². The molecule has 0 saturated heterocycles. The first-order chi connectivity index (χ1) is 7.38. The van der Waals surface area contributed by atoms with Crippen molar-refractivity contribution in [2.75, 3.05) is 0 Å². The summed E-state index contributed by atoms with van der Waals surface area (Å²) in [5, 5.41) is 0. The molecule has 0 aromatic heterocycles. The normalized spacial score (nSPS) is 12.2. The van der Waals surface area contributed by atoms with Crippen LogP contribution in [-0.2, 0) is 14.3 Å². The number of carbonyl (C=O) groups excluding carboxylic acids is 2. The number of ether oxygens (including phenoxy) is 1. The van der Waals surface area contributed by atoms with Crippen molar-refractivity contribution in [3.63, 3.8) is 0 Å². The highest BCUT2D eigenvalue weighted by Crippen LogP contribution is 2.15. The topological polar surface area (TPSA) is 43.4 Å². The quantitative estimate of drug-likeness (QED) is 0.419. The summed E-state index contributed by atoms with van der Waals surface area (Å²) in [4.78, 5) is 22.6. The van der Waals surface area contributed by atoms with Gasteiger partial charge in [-0.15, -0.1) is 0 Å². The molecule has 0 aromatic carbocycles. The molecule has 0 amide bonds. The summed E-state index contributed by atoms with van der Waals surface area (Å²) in [5.74, 6) is -0.944. The molecule has 0 fully saturated rings. The predicted molar refractivity (Wildman–Crippen MR) is 63.7 cm³/mol. The first-order valence-electron chi connectivity index (χ1n) is 5.41. The second kappa shape index (κ2) is 6.99. The summed E-state index contributed by atoms with van der Waals surface area (Å²) in [6, 6.07) is 0. The fourth-order valence-corrected chi connectivity index (χ4v) is 0.795. The highest BCUT2D eigenvalue weighted by atomic mass is 16.6. The lowest BCUT2D eigenvalue weighted by Gasteiger charge is -2.14. The summed E-state index contributed by atoms with van der Waals surface area (Å²) in [6.45, 7) is 7.07. The van der Waals surface area contributed by atoms with Gasteiger partial charge in [0.15, 0.2) is 0 Å². The van der Waals surface area contributed by atoms with Gasteiger partial charge >= 0.3 is 11.9 Å². The van der Waals surface area contributed by atoms with E-state index < -0.39 is 17.4 Å². The molecule has 0 aromatic rings. The van der Waals surface area contributed by atoms with Gasteiger partial charge in [0.05, 0.1) is 5.41 Å². The van der Waals surface area contributed by atoms with Gasteiger partial charge in [-0.25, -0.2) is 0 Å². The van der Waals surface area contributed by atoms with Crippen LogP contribution in [0.4, 0.5) is 0 Å². The summed E-state index contributed by atoms with van der Waals surface area (Å²) >= 11 is 0. The Hall–Kier alpha value is -1.38. The Morgan fingerprint density at radius 1 is 1.19 bits per heavy atom. The Morgan fingerprint density at radius 3 is 2.31 bits per heavy atom. The maximum absolute atomic E-state index is 11.3. The average Bonchev–Trinajstić information content (AvgIpc) is 2.16. The molecule has 3 nitrogen and oxygen atoms in total. The third kappa shape index (κ3) is 6.98. The van der Waals surface area contributed by atoms with Crippen LogP contribution < -0.4 is 0 Å². The van der Waals surface area contributed by atoms with Crippen LogP contribution in [0, 0.1) is 5.41 Å². The van der Waals surface area contributed by atoms with Crippen molar-refractivity contribution >= 4 is 11.9 Å². The van der Waals surface area contributed by atoms with Crippen LogP contribution in [0.5, 0.6) is 0 Å². The Bertz CT molecular complexity index is 293. The molecule has 0 rings (SSSR count). The molecular weight excluding hydrogens is 204 g/mol.